The zero-order valence-electron chi connectivity index (χ0n) is 17.1. The van der Waals surface area contributed by atoms with Crippen LogP contribution in [-0.4, -0.2) is 39.5 Å². The first-order chi connectivity index (χ1) is 14.7. The summed E-state index contributed by atoms with van der Waals surface area (Å²) >= 11 is 0. The molecule has 1 aliphatic rings. The smallest absolute Gasteiger partial charge is 0.255 e. The Balaban J connectivity index is 1.56. The molecule has 0 aliphatic carbocycles. The van der Waals surface area contributed by atoms with Crippen LogP contribution in [0, 0.1) is 6.92 Å². The molecule has 0 radical (unpaired) electrons. The maximum absolute atomic E-state index is 13.0. The number of hydrogen-bond donors (Lipinski definition) is 1. The molecule has 1 fully saturated rings. The number of hydrogen-bond acceptors (Lipinski definition) is 7. The van der Waals surface area contributed by atoms with Crippen LogP contribution in [0.15, 0.2) is 48.9 Å². The van der Waals surface area contributed by atoms with Gasteiger partial charge in [-0.15, -0.1) is 0 Å². The van der Waals surface area contributed by atoms with Crippen LogP contribution >= 0.6 is 0 Å². The van der Waals surface area contributed by atoms with Gasteiger partial charge in [-0.05, 0) is 43.5 Å². The quantitative estimate of drug-likeness (QED) is 0.675. The highest BCUT2D eigenvalue weighted by atomic mass is 16.5. The highest BCUT2D eigenvalue weighted by Gasteiger charge is 2.32. The molecule has 2 aromatic heterocycles. The van der Waals surface area contributed by atoms with Gasteiger partial charge >= 0.3 is 0 Å². The first-order valence-corrected chi connectivity index (χ1v) is 9.94. The zero-order chi connectivity index (χ0) is 20.9. The Hall–Kier alpha value is -3.55. The second kappa shape index (κ2) is 8.86. The van der Waals surface area contributed by atoms with Crippen LogP contribution in [0.3, 0.4) is 0 Å². The molecular formula is C22H24N6O2. The Morgan fingerprint density at radius 1 is 1.20 bits per heavy atom. The fourth-order valence-electron chi connectivity index (χ4n) is 3.67. The molecule has 154 valence electrons. The molecule has 1 saturated heterocycles. The largest absolute Gasteiger partial charge is 0.497 e. The molecular weight excluding hydrogens is 380 g/mol. The summed E-state index contributed by atoms with van der Waals surface area (Å²) in [7, 11) is 1.63. The van der Waals surface area contributed by atoms with Crippen LogP contribution in [0.2, 0.25) is 0 Å². The summed E-state index contributed by atoms with van der Waals surface area (Å²) in [5, 5.41) is 2.98. The molecule has 1 atom stereocenters. The molecule has 8 heteroatoms. The highest BCUT2D eigenvalue weighted by Crippen LogP contribution is 2.34. The highest BCUT2D eigenvalue weighted by molar-refractivity contribution is 5.95. The fourth-order valence-corrected chi connectivity index (χ4v) is 3.67. The third-order valence-corrected chi connectivity index (χ3v) is 5.17. The average Bonchev–Trinajstić information content (AvgIpc) is 3.28. The minimum absolute atomic E-state index is 0.0594. The van der Waals surface area contributed by atoms with Crippen molar-refractivity contribution >= 4 is 11.9 Å². The lowest BCUT2D eigenvalue weighted by Gasteiger charge is -2.25. The van der Waals surface area contributed by atoms with E-state index in [4.69, 9.17) is 4.74 Å². The van der Waals surface area contributed by atoms with E-state index in [2.05, 4.69) is 30.2 Å². The van der Waals surface area contributed by atoms with Gasteiger partial charge < -0.3 is 15.0 Å². The van der Waals surface area contributed by atoms with Crippen molar-refractivity contribution in [3.05, 3.63) is 71.6 Å². The topological polar surface area (TPSA) is 93.1 Å². The molecule has 1 N–H and O–H groups in total. The molecule has 3 aromatic rings. The van der Waals surface area contributed by atoms with E-state index in [-0.39, 0.29) is 11.9 Å². The van der Waals surface area contributed by atoms with Gasteiger partial charge in [0.1, 0.15) is 11.6 Å². The Labute approximate surface area is 175 Å². The molecule has 4 rings (SSSR count). The van der Waals surface area contributed by atoms with Crippen molar-refractivity contribution in [3.8, 4) is 5.75 Å². The van der Waals surface area contributed by atoms with Gasteiger partial charge in [-0.2, -0.15) is 0 Å². The third kappa shape index (κ3) is 4.22. The lowest BCUT2D eigenvalue weighted by molar-refractivity contribution is 0.0948. The van der Waals surface area contributed by atoms with Crippen molar-refractivity contribution in [2.45, 2.75) is 32.4 Å². The van der Waals surface area contributed by atoms with E-state index in [0.717, 1.165) is 36.4 Å². The van der Waals surface area contributed by atoms with Crippen molar-refractivity contribution < 1.29 is 9.53 Å². The SMILES string of the molecule is COc1ccc(CNC(=O)c2cnc(C)nc2[C@@H]2CCCN2c2ncccn2)cc1. The van der Waals surface area contributed by atoms with Crippen molar-refractivity contribution in [2.24, 2.45) is 0 Å². The fraction of sp³-hybridized carbons (Fsp3) is 0.318. The summed E-state index contributed by atoms with van der Waals surface area (Å²) in [6.45, 7) is 3.07. The minimum Gasteiger partial charge on any atom is -0.497 e. The molecule has 1 amide bonds. The van der Waals surface area contributed by atoms with E-state index in [1.807, 2.05) is 31.2 Å². The molecule has 1 aliphatic heterocycles. The molecule has 0 bridgehead atoms. The Morgan fingerprint density at radius 3 is 2.70 bits per heavy atom. The lowest BCUT2D eigenvalue weighted by Crippen LogP contribution is -2.30. The number of carbonyl (C=O) groups is 1. The van der Waals surface area contributed by atoms with Gasteiger partial charge in [0.15, 0.2) is 0 Å². The molecule has 0 unspecified atom stereocenters. The summed E-state index contributed by atoms with van der Waals surface area (Å²) < 4.78 is 5.18. The summed E-state index contributed by atoms with van der Waals surface area (Å²) in [5.74, 6) is 1.88. The predicted molar refractivity (Wildman–Crippen MR) is 112 cm³/mol. The predicted octanol–water partition coefficient (Wildman–Crippen LogP) is 2.86. The maximum atomic E-state index is 13.0. The summed E-state index contributed by atoms with van der Waals surface area (Å²) in [6.07, 6.45) is 6.94. The van der Waals surface area contributed by atoms with Crippen LogP contribution in [0.5, 0.6) is 5.75 Å². The van der Waals surface area contributed by atoms with Crippen LogP contribution in [0.4, 0.5) is 5.95 Å². The number of rotatable bonds is 6. The standard InChI is InChI=1S/C22H24N6O2/c1-15-25-14-18(21(29)26-13-16-6-8-17(30-2)9-7-16)20(27-15)19-5-3-12-28(19)22-23-10-4-11-24-22/h4,6-11,14,19H,3,5,12-13H2,1-2H3,(H,26,29)/t19-/m0/s1. The number of benzene rings is 1. The van der Waals surface area contributed by atoms with E-state index in [1.165, 1.54) is 0 Å². The van der Waals surface area contributed by atoms with Crippen molar-refractivity contribution in [3.63, 3.8) is 0 Å². The second-order valence-corrected chi connectivity index (χ2v) is 7.15. The van der Waals surface area contributed by atoms with Crippen LogP contribution in [0.1, 0.15) is 46.3 Å². The molecule has 30 heavy (non-hydrogen) atoms. The monoisotopic (exact) mass is 404 g/mol. The zero-order valence-corrected chi connectivity index (χ0v) is 17.1. The van der Waals surface area contributed by atoms with Crippen molar-refractivity contribution in [1.29, 1.82) is 0 Å². The average molecular weight is 404 g/mol. The van der Waals surface area contributed by atoms with Crippen LogP contribution < -0.4 is 15.0 Å². The number of nitrogens with zero attached hydrogens (tertiary/aromatic N) is 5. The number of anilines is 1. The molecule has 1 aromatic carbocycles. The van der Waals surface area contributed by atoms with Crippen molar-refractivity contribution in [1.82, 2.24) is 25.3 Å². The van der Waals surface area contributed by atoms with Gasteiger partial charge in [0, 0.05) is 31.7 Å². The van der Waals surface area contributed by atoms with Gasteiger partial charge in [0.25, 0.3) is 5.91 Å². The number of aromatic nitrogens is 4. The number of amides is 1. The van der Waals surface area contributed by atoms with Gasteiger partial charge in [0.05, 0.1) is 24.4 Å². The number of methoxy groups -OCH3 is 1. The molecule has 0 saturated carbocycles. The Bertz CT molecular complexity index is 1010. The first kappa shape index (κ1) is 19.8. The molecule has 8 nitrogen and oxygen atoms in total. The van der Waals surface area contributed by atoms with Crippen molar-refractivity contribution in [2.75, 3.05) is 18.6 Å². The van der Waals surface area contributed by atoms with Crippen LogP contribution in [-0.2, 0) is 6.54 Å². The van der Waals surface area contributed by atoms with Gasteiger partial charge in [0.2, 0.25) is 5.95 Å². The Morgan fingerprint density at radius 2 is 1.97 bits per heavy atom. The molecule has 3 heterocycles. The van der Waals surface area contributed by atoms with E-state index in [9.17, 15) is 4.79 Å². The molecule has 0 spiro atoms. The summed E-state index contributed by atoms with van der Waals surface area (Å²) in [4.78, 5) is 32.8. The Kier molecular flexibility index (Phi) is 5.83. The number of carbonyl (C=O) groups excluding carboxylic acids is 1. The summed E-state index contributed by atoms with van der Waals surface area (Å²) in [5.41, 5.74) is 2.19. The second-order valence-electron chi connectivity index (χ2n) is 7.15. The van der Waals surface area contributed by atoms with E-state index in [0.29, 0.717) is 23.9 Å². The number of nitrogens with one attached hydrogen (secondary N) is 1. The van der Waals surface area contributed by atoms with E-state index >= 15 is 0 Å². The third-order valence-electron chi connectivity index (χ3n) is 5.17. The minimum atomic E-state index is -0.193. The van der Waals surface area contributed by atoms with Crippen LogP contribution in [0.25, 0.3) is 0 Å². The van der Waals surface area contributed by atoms with Gasteiger partial charge in [-0.1, -0.05) is 12.1 Å². The van der Waals surface area contributed by atoms with Gasteiger partial charge in [-0.25, -0.2) is 19.9 Å². The van der Waals surface area contributed by atoms with Gasteiger partial charge in [-0.3, -0.25) is 4.79 Å². The van der Waals surface area contributed by atoms with E-state index in [1.54, 1.807) is 31.8 Å². The van der Waals surface area contributed by atoms with E-state index < -0.39 is 0 Å². The lowest BCUT2D eigenvalue weighted by atomic mass is 10.1. The summed E-state index contributed by atoms with van der Waals surface area (Å²) in [6, 6.07) is 9.34. The first-order valence-electron chi connectivity index (χ1n) is 9.94. The number of aryl methyl sites for hydroxylation is 1. The normalized spacial score (nSPS) is 15.8. The number of ether oxygens (including phenoxy) is 1. The maximum Gasteiger partial charge on any atom is 0.255 e.